The largest absolute Gasteiger partial charge is 0.375 e. The molecule has 1 aliphatic rings. The first-order valence-electron chi connectivity index (χ1n) is 7.86. The van der Waals surface area contributed by atoms with Crippen molar-refractivity contribution in [3.8, 4) is 0 Å². The standard InChI is InChI=1S/C17H28N2O/c1-3-9-18-13-15-5-4-6-16(12-15)14-20-11-10-19(2)17-7-8-17/h4-6,12,17-18H,3,7-11,13-14H2,1-2H3. The molecule has 3 heteroatoms. The smallest absolute Gasteiger partial charge is 0.0717 e. The molecule has 112 valence electrons. The second kappa shape index (κ2) is 8.40. The van der Waals surface area contributed by atoms with E-state index < -0.39 is 0 Å². The summed E-state index contributed by atoms with van der Waals surface area (Å²) in [6.07, 6.45) is 3.91. The number of ether oxygens (including phenoxy) is 1. The zero-order chi connectivity index (χ0) is 14.2. The highest BCUT2D eigenvalue weighted by atomic mass is 16.5. The maximum absolute atomic E-state index is 5.79. The number of likely N-dealkylation sites (N-methyl/N-ethyl adjacent to an activating group) is 1. The van der Waals surface area contributed by atoms with Gasteiger partial charge in [0.25, 0.3) is 0 Å². The molecule has 0 unspecified atom stereocenters. The first-order valence-corrected chi connectivity index (χ1v) is 7.86. The second-order valence-corrected chi connectivity index (χ2v) is 5.76. The molecule has 1 aromatic rings. The van der Waals surface area contributed by atoms with Crippen LogP contribution in [-0.2, 0) is 17.9 Å². The van der Waals surface area contributed by atoms with Crippen molar-refractivity contribution in [3.05, 3.63) is 35.4 Å². The molecule has 0 saturated heterocycles. The third-order valence-electron chi connectivity index (χ3n) is 3.77. The summed E-state index contributed by atoms with van der Waals surface area (Å²) in [7, 11) is 2.20. The van der Waals surface area contributed by atoms with Gasteiger partial charge in [-0.1, -0.05) is 31.2 Å². The molecule has 2 rings (SSSR count). The molecule has 3 nitrogen and oxygen atoms in total. The van der Waals surface area contributed by atoms with E-state index >= 15 is 0 Å². The van der Waals surface area contributed by atoms with E-state index in [1.54, 1.807) is 0 Å². The molecule has 0 radical (unpaired) electrons. The number of benzene rings is 1. The number of nitrogens with one attached hydrogen (secondary N) is 1. The Balaban J connectivity index is 1.65. The van der Waals surface area contributed by atoms with Gasteiger partial charge in [-0.25, -0.2) is 0 Å². The van der Waals surface area contributed by atoms with Gasteiger partial charge in [-0.15, -0.1) is 0 Å². The van der Waals surface area contributed by atoms with Crippen LogP contribution in [0.15, 0.2) is 24.3 Å². The number of rotatable bonds is 10. The fraction of sp³-hybridized carbons (Fsp3) is 0.647. The van der Waals surface area contributed by atoms with Crippen LogP contribution in [0, 0.1) is 0 Å². The molecule has 1 aromatic carbocycles. The van der Waals surface area contributed by atoms with Gasteiger partial charge in [-0.2, -0.15) is 0 Å². The lowest BCUT2D eigenvalue weighted by molar-refractivity contribution is 0.0978. The minimum absolute atomic E-state index is 0.722. The van der Waals surface area contributed by atoms with E-state index in [9.17, 15) is 0 Å². The van der Waals surface area contributed by atoms with Crippen LogP contribution in [0.1, 0.15) is 37.3 Å². The van der Waals surface area contributed by atoms with E-state index in [-0.39, 0.29) is 0 Å². The number of nitrogens with zero attached hydrogens (tertiary/aromatic N) is 1. The van der Waals surface area contributed by atoms with Crippen LogP contribution in [-0.4, -0.2) is 37.7 Å². The monoisotopic (exact) mass is 276 g/mol. The summed E-state index contributed by atoms with van der Waals surface area (Å²) in [6.45, 7) is 6.81. The summed E-state index contributed by atoms with van der Waals surface area (Å²) < 4.78 is 5.79. The van der Waals surface area contributed by atoms with Crippen LogP contribution >= 0.6 is 0 Å². The van der Waals surface area contributed by atoms with Gasteiger partial charge in [0.1, 0.15) is 0 Å². The fourth-order valence-corrected chi connectivity index (χ4v) is 2.34. The Morgan fingerprint density at radius 1 is 1.30 bits per heavy atom. The SMILES string of the molecule is CCCNCc1cccc(COCCN(C)C2CC2)c1. The Labute approximate surface area is 123 Å². The maximum atomic E-state index is 5.79. The Kier molecular flexibility index (Phi) is 6.51. The Bertz CT molecular complexity index is 390. The average molecular weight is 276 g/mol. The van der Waals surface area contributed by atoms with Crippen molar-refractivity contribution in [2.75, 3.05) is 26.7 Å². The van der Waals surface area contributed by atoms with Gasteiger partial charge in [-0.05, 0) is 44.0 Å². The first-order chi connectivity index (χ1) is 9.79. The van der Waals surface area contributed by atoms with Crippen molar-refractivity contribution in [1.29, 1.82) is 0 Å². The summed E-state index contributed by atoms with van der Waals surface area (Å²) >= 11 is 0. The van der Waals surface area contributed by atoms with Crippen LogP contribution in [0.2, 0.25) is 0 Å². The molecular formula is C17H28N2O. The van der Waals surface area contributed by atoms with Crippen molar-refractivity contribution < 1.29 is 4.74 Å². The quantitative estimate of drug-likeness (QED) is 0.665. The molecule has 0 amide bonds. The molecule has 0 atom stereocenters. The van der Waals surface area contributed by atoms with Crippen molar-refractivity contribution in [2.24, 2.45) is 0 Å². The molecule has 1 saturated carbocycles. The van der Waals surface area contributed by atoms with Crippen LogP contribution < -0.4 is 5.32 Å². The van der Waals surface area contributed by atoms with E-state index in [4.69, 9.17) is 4.74 Å². The third-order valence-corrected chi connectivity index (χ3v) is 3.77. The van der Waals surface area contributed by atoms with Crippen molar-refractivity contribution >= 4 is 0 Å². The number of hydrogen-bond donors (Lipinski definition) is 1. The van der Waals surface area contributed by atoms with Gasteiger partial charge in [0.05, 0.1) is 13.2 Å². The molecule has 0 heterocycles. The molecule has 0 spiro atoms. The normalized spacial score (nSPS) is 14.9. The minimum atomic E-state index is 0.722. The van der Waals surface area contributed by atoms with Gasteiger partial charge in [0.15, 0.2) is 0 Å². The van der Waals surface area contributed by atoms with Gasteiger partial charge in [0.2, 0.25) is 0 Å². The van der Waals surface area contributed by atoms with Crippen LogP contribution in [0.4, 0.5) is 0 Å². The molecule has 20 heavy (non-hydrogen) atoms. The topological polar surface area (TPSA) is 24.5 Å². The summed E-state index contributed by atoms with van der Waals surface area (Å²) in [5.74, 6) is 0. The molecule has 0 bridgehead atoms. The van der Waals surface area contributed by atoms with E-state index in [2.05, 4.69) is 48.5 Å². The van der Waals surface area contributed by atoms with Gasteiger partial charge in [0, 0.05) is 19.1 Å². The Hall–Kier alpha value is -0.900. The molecule has 1 N–H and O–H groups in total. The summed E-state index contributed by atoms with van der Waals surface area (Å²) in [6, 6.07) is 9.51. The van der Waals surface area contributed by atoms with E-state index in [1.807, 2.05) is 0 Å². The highest BCUT2D eigenvalue weighted by molar-refractivity contribution is 5.22. The first kappa shape index (κ1) is 15.5. The Morgan fingerprint density at radius 2 is 2.10 bits per heavy atom. The Morgan fingerprint density at radius 3 is 2.85 bits per heavy atom. The van der Waals surface area contributed by atoms with E-state index in [0.717, 1.165) is 38.9 Å². The van der Waals surface area contributed by atoms with Crippen molar-refractivity contribution in [2.45, 2.75) is 45.4 Å². The predicted octanol–water partition coefficient (Wildman–Crippen LogP) is 2.80. The van der Waals surface area contributed by atoms with Crippen LogP contribution in [0.5, 0.6) is 0 Å². The lowest BCUT2D eigenvalue weighted by atomic mass is 10.1. The van der Waals surface area contributed by atoms with Gasteiger partial charge < -0.3 is 15.0 Å². The highest BCUT2D eigenvalue weighted by Gasteiger charge is 2.25. The van der Waals surface area contributed by atoms with E-state index in [1.165, 1.54) is 30.4 Å². The predicted molar refractivity (Wildman–Crippen MR) is 83.7 cm³/mol. The van der Waals surface area contributed by atoms with Crippen molar-refractivity contribution in [3.63, 3.8) is 0 Å². The van der Waals surface area contributed by atoms with Crippen LogP contribution in [0.25, 0.3) is 0 Å². The summed E-state index contributed by atoms with van der Waals surface area (Å²) in [4.78, 5) is 2.41. The lowest BCUT2D eigenvalue weighted by Crippen LogP contribution is -2.25. The average Bonchev–Trinajstić information content (AvgIpc) is 3.29. The molecule has 0 aliphatic heterocycles. The lowest BCUT2D eigenvalue weighted by Gasteiger charge is -2.15. The maximum Gasteiger partial charge on any atom is 0.0717 e. The van der Waals surface area contributed by atoms with Gasteiger partial charge >= 0.3 is 0 Å². The fourth-order valence-electron chi connectivity index (χ4n) is 2.34. The minimum Gasteiger partial charge on any atom is -0.375 e. The van der Waals surface area contributed by atoms with E-state index in [0.29, 0.717) is 0 Å². The third kappa shape index (κ3) is 5.61. The number of hydrogen-bond acceptors (Lipinski definition) is 3. The zero-order valence-electron chi connectivity index (χ0n) is 12.9. The molecular weight excluding hydrogens is 248 g/mol. The van der Waals surface area contributed by atoms with Gasteiger partial charge in [-0.3, -0.25) is 0 Å². The molecule has 1 aliphatic carbocycles. The molecule has 0 aromatic heterocycles. The second-order valence-electron chi connectivity index (χ2n) is 5.76. The van der Waals surface area contributed by atoms with Crippen molar-refractivity contribution in [1.82, 2.24) is 10.2 Å². The highest BCUT2D eigenvalue weighted by Crippen LogP contribution is 2.24. The van der Waals surface area contributed by atoms with Crippen LogP contribution in [0.3, 0.4) is 0 Å². The molecule has 1 fully saturated rings. The summed E-state index contributed by atoms with van der Waals surface area (Å²) in [5.41, 5.74) is 2.62. The summed E-state index contributed by atoms with van der Waals surface area (Å²) in [5, 5.41) is 3.43. The zero-order valence-corrected chi connectivity index (χ0v) is 12.9.